The van der Waals surface area contributed by atoms with Crippen LogP contribution in [0.2, 0.25) is 0 Å². The minimum Gasteiger partial charge on any atom is -0.330 e. The van der Waals surface area contributed by atoms with Crippen LogP contribution >= 0.6 is 0 Å². The molecule has 1 aromatic rings. The van der Waals surface area contributed by atoms with Crippen LogP contribution in [0.15, 0.2) is 24.3 Å². The van der Waals surface area contributed by atoms with E-state index in [2.05, 4.69) is 4.90 Å². The first-order valence-corrected chi connectivity index (χ1v) is 5.90. The zero-order valence-electron chi connectivity index (χ0n) is 9.73. The van der Waals surface area contributed by atoms with Crippen LogP contribution in [-0.2, 0) is 0 Å². The lowest BCUT2D eigenvalue weighted by Crippen LogP contribution is -2.29. The molecule has 0 aliphatic carbocycles. The Morgan fingerprint density at radius 1 is 1.53 bits per heavy atom. The van der Waals surface area contributed by atoms with Crippen molar-refractivity contribution in [3.05, 3.63) is 35.6 Å². The van der Waals surface area contributed by atoms with Gasteiger partial charge in [-0.25, -0.2) is 4.39 Å². The van der Waals surface area contributed by atoms with Crippen LogP contribution in [0.5, 0.6) is 0 Å². The van der Waals surface area contributed by atoms with Gasteiger partial charge in [0.25, 0.3) is 0 Å². The van der Waals surface area contributed by atoms with Crippen molar-refractivity contribution in [3.63, 3.8) is 0 Å². The van der Waals surface area contributed by atoms with E-state index >= 15 is 0 Å². The quantitative estimate of drug-likeness (QED) is 0.801. The maximum absolute atomic E-state index is 13.0. The molecule has 2 rings (SSSR count). The molecule has 1 aliphatic rings. The number of nitrogens with two attached hydrogens (primary N) is 1. The fourth-order valence-electron chi connectivity index (χ4n) is 2.21. The van der Waals surface area contributed by atoms with Crippen LogP contribution in [0.3, 0.4) is 0 Å². The van der Waals surface area contributed by atoms with E-state index < -0.39 is 0 Å². The summed E-state index contributed by atoms with van der Waals surface area (Å²) >= 11 is 0. The number of rotatable bonds is 4. The molecule has 2 N–H and O–H groups in total. The topological polar surface area (TPSA) is 46.3 Å². The molecule has 1 saturated heterocycles. The fourth-order valence-corrected chi connectivity index (χ4v) is 2.21. The maximum Gasteiger partial charge on any atom is 0.176 e. The average molecular weight is 236 g/mol. The number of carbonyl (C=O) groups is 1. The molecule has 3 nitrogen and oxygen atoms in total. The summed E-state index contributed by atoms with van der Waals surface area (Å²) in [4.78, 5) is 14.0. The van der Waals surface area contributed by atoms with Crippen molar-refractivity contribution in [2.75, 3.05) is 26.2 Å². The van der Waals surface area contributed by atoms with Gasteiger partial charge < -0.3 is 5.73 Å². The van der Waals surface area contributed by atoms with Crippen LogP contribution in [0, 0.1) is 11.7 Å². The third-order valence-electron chi connectivity index (χ3n) is 3.22. The number of ketones is 1. The highest BCUT2D eigenvalue weighted by molar-refractivity contribution is 5.97. The van der Waals surface area contributed by atoms with Gasteiger partial charge in [-0.05, 0) is 37.6 Å². The largest absolute Gasteiger partial charge is 0.330 e. The summed E-state index contributed by atoms with van der Waals surface area (Å²) in [5.74, 6) is 0.106. The van der Waals surface area contributed by atoms with Gasteiger partial charge in [-0.3, -0.25) is 9.69 Å². The van der Waals surface area contributed by atoms with Crippen molar-refractivity contribution in [1.29, 1.82) is 0 Å². The molecule has 0 saturated carbocycles. The standard InChI is InChI=1S/C13H17FN2O/c14-12-3-1-2-11(6-12)13(17)9-16-5-4-10(7-15)8-16/h1-3,6,10H,4-5,7-9,15H2. The number of benzene rings is 1. The molecule has 1 aliphatic heterocycles. The Labute approximate surface area is 100 Å². The van der Waals surface area contributed by atoms with E-state index in [1.165, 1.54) is 12.1 Å². The van der Waals surface area contributed by atoms with Crippen LogP contribution in [0.1, 0.15) is 16.8 Å². The first kappa shape index (κ1) is 12.2. The zero-order valence-corrected chi connectivity index (χ0v) is 9.73. The number of halogens is 1. The normalized spacial score (nSPS) is 20.7. The van der Waals surface area contributed by atoms with Crippen molar-refractivity contribution in [3.8, 4) is 0 Å². The molecule has 1 heterocycles. The van der Waals surface area contributed by atoms with Gasteiger partial charge in [0, 0.05) is 12.1 Å². The second-order valence-corrected chi connectivity index (χ2v) is 4.56. The molecular weight excluding hydrogens is 219 g/mol. The van der Waals surface area contributed by atoms with E-state index in [4.69, 9.17) is 5.73 Å². The summed E-state index contributed by atoms with van der Waals surface area (Å²) in [5.41, 5.74) is 6.04. The van der Waals surface area contributed by atoms with Crippen molar-refractivity contribution >= 4 is 5.78 Å². The molecule has 1 atom stereocenters. The lowest BCUT2D eigenvalue weighted by molar-refractivity contribution is 0.0943. The third kappa shape index (κ3) is 3.11. The van der Waals surface area contributed by atoms with E-state index in [0.717, 1.165) is 19.5 Å². The van der Waals surface area contributed by atoms with Crippen LogP contribution in [-0.4, -0.2) is 36.9 Å². The molecule has 0 aromatic heterocycles. The second kappa shape index (κ2) is 5.38. The van der Waals surface area contributed by atoms with E-state index in [0.29, 0.717) is 24.6 Å². The van der Waals surface area contributed by atoms with Gasteiger partial charge in [-0.15, -0.1) is 0 Å². The van der Waals surface area contributed by atoms with Crippen LogP contribution in [0.25, 0.3) is 0 Å². The highest BCUT2D eigenvalue weighted by Crippen LogP contribution is 2.15. The first-order valence-electron chi connectivity index (χ1n) is 5.90. The van der Waals surface area contributed by atoms with Gasteiger partial charge in [-0.1, -0.05) is 12.1 Å². The minimum absolute atomic E-state index is 0.0258. The maximum atomic E-state index is 13.0. The first-order chi connectivity index (χ1) is 8.19. The number of hydrogen-bond donors (Lipinski definition) is 1. The molecule has 4 heteroatoms. The predicted octanol–water partition coefficient (Wildman–Crippen LogP) is 1.29. The Balaban J connectivity index is 1.94. The molecule has 0 bridgehead atoms. The summed E-state index contributed by atoms with van der Waals surface area (Å²) in [5, 5.41) is 0. The molecule has 0 radical (unpaired) electrons. The van der Waals surface area contributed by atoms with Gasteiger partial charge in [0.1, 0.15) is 5.82 Å². The Bertz CT molecular complexity index is 408. The van der Waals surface area contributed by atoms with Crippen LogP contribution < -0.4 is 5.73 Å². The van der Waals surface area contributed by atoms with Crippen molar-refractivity contribution in [2.45, 2.75) is 6.42 Å². The summed E-state index contributed by atoms with van der Waals surface area (Å²) in [6.07, 6.45) is 1.05. The third-order valence-corrected chi connectivity index (χ3v) is 3.22. The number of likely N-dealkylation sites (tertiary alicyclic amines) is 1. The van der Waals surface area contributed by atoms with Crippen LogP contribution in [0.4, 0.5) is 4.39 Å². The van der Waals surface area contributed by atoms with Gasteiger partial charge in [0.2, 0.25) is 0 Å². The number of Topliss-reactive ketones (excluding diaryl/α,β-unsaturated/α-hetero) is 1. The van der Waals surface area contributed by atoms with Gasteiger partial charge >= 0.3 is 0 Å². The molecule has 0 amide bonds. The Hall–Kier alpha value is -1.26. The molecule has 92 valence electrons. The zero-order chi connectivity index (χ0) is 12.3. The smallest absolute Gasteiger partial charge is 0.176 e. The Morgan fingerprint density at radius 2 is 2.35 bits per heavy atom. The van der Waals surface area contributed by atoms with E-state index in [1.807, 2.05) is 0 Å². The molecular formula is C13H17FN2O. The summed E-state index contributed by atoms with van der Waals surface area (Å²) in [7, 11) is 0. The Morgan fingerprint density at radius 3 is 3.00 bits per heavy atom. The molecule has 0 spiro atoms. The summed E-state index contributed by atoms with van der Waals surface area (Å²) in [6.45, 7) is 2.81. The fraction of sp³-hybridized carbons (Fsp3) is 0.462. The van der Waals surface area contributed by atoms with Gasteiger partial charge in [0.15, 0.2) is 5.78 Å². The Kier molecular flexibility index (Phi) is 3.86. The number of carbonyl (C=O) groups excluding carboxylic acids is 1. The summed E-state index contributed by atoms with van der Waals surface area (Å²) in [6, 6.07) is 5.85. The van der Waals surface area contributed by atoms with E-state index in [-0.39, 0.29) is 11.6 Å². The lowest BCUT2D eigenvalue weighted by atomic mass is 10.1. The van der Waals surface area contributed by atoms with Crippen molar-refractivity contribution < 1.29 is 9.18 Å². The van der Waals surface area contributed by atoms with Crippen molar-refractivity contribution in [2.24, 2.45) is 11.7 Å². The van der Waals surface area contributed by atoms with E-state index in [9.17, 15) is 9.18 Å². The minimum atomic E-state index is -0.364. The van der Waals surface area contributed by atoms with Crippen molar-refractivity contribution in [1.82, 2.24) is 4.90 Å². The summed E-state index contributed by atoms with van der Waals surface area (Å²) < 4.78 is 13.0. The molecule has 1 aromatic carbocycles. The number of nitrogens with zero attached hydrogens (tertiary/aromatic N) is 1. The van der Waals surface area contributed by atoms with Gasteiger partial charge in [0.05, 0.1) is 6.54 Å². The second-order valence-electron chi connectivity index (χ2n) is 4.56. The monoisotopic (exact) mass is 236 g/mol. The highest BCUT2D eigenvalue weighted by Gasteiger charge is 2.23. The predicted molar refractivity (Wildman–Crippen MR) is 64.3 cm³/mol. The highest BCUT2D eigenvalue weighted by atomic mass is 19.1. The average Bonchev–Trinajstić information content (AvgIpc) is 2.77. The number of hydrogen-bond acceptors (Lipinski definition) is 3. The molecule has 1 unspecified atom stereocenters. The lowest BCUT2D eigenvalue weighted by Gasteiger charge is -2.14. The molecule has 1 fully saturated rings. The molecule has 17 heavy (non-hydrogen) atoms. The van der Waals surface area contributed by atoms with E-state index in [1.54, 1.807) is 12.1 Å². The SMILES string of the molecule is NCC1CCN(CC(=O)c2cccc(F)c2)C1. The van der Waals surface area contributed by atoms with Gasteiger partial charge in [-0.2, -0.15) is 0 Å².